The van der Waals surface area contributed by atoms with Gasteiger partial charge in [-0.2, -0.15) is 0 Å². The van der Waals surface area contributed by atoms with E-state index in [1.165, 1.54) is 6.92 Å². The van der Waals surface area contributed by atoms with Gasteiger partial charge >= 0.3 is 0 Å². The third kappa shape index (κ3) is 3.73. The van der Waals surface area contributed by atoms with E-state index < -0.39 is 28.8 Å². The number of para-hydroxylation sites is 2. The molecule has 32 heavy (non-hydrogen) atoms. The van der Waals surface area contributed by atoms with Crippen LogP contribution in [0.15, 0.2) is 84.9 Å². The standard InChI is InChI=1S/C25H23N3O4/c1-18(29)26-23(17-27(31)32)25(16-19-10-4-2-5-11-19)21-14-8-9-15-22(21)28(24(25)30)20-12-6-3-7-13-20/h2-15,23H,16-17H2,1H3,(H,26,29)/t23-,25-/m1/s1. The second-order valence-corrected chi connectivity index (χ2v) is 7.90. The van der Waals surface area contributed by atoms with Crippen LogP contribution in [0.1, 0.15) is 18.1 Å². The molecule has 1 aliphatic heterocycles. The van der Waals surface area contributed by atoms with Gasteiger partial charge < -0.3 is 5.32 Å². The molecule has 1 heterocycles. The Bertz CT molecular complexity index is 1130. The van der Waals surface area contributed by atoms with Crippen LogP contribution in [-0.4, -0.2) is 29.3 Å². The number of fused-ring (bicyclic) bond motifs is 1. The maximum atomic E-state index is 14.2. The molecule has 0 aromatic heterocycles. The first-order valence-electron chi connectivity index (χ1n) is 10.4. The number of nitro groups is 1. The Morgan fingerprint density at radius 3 is 2.22 bits per heavy atom. The van der Waals surface area contributed by atoms with Crippen LogP contribution in [0.5, 0.6) is 0 Å². The van der Waals surface area contributed by atoms with Gasteiger partial charge in [0, 0.05) is 17.5 Å². The van der Waals surface area contributed by atoms with E-state index in [4.69, 9.17) is 0 Å². The SMILES string of the molecule is CC(=O)N[C@H](C[N+](=O)[O-])[C@]1(Cc2ccccc2)C(=O)N(c2ccccc2)c2ccccc21. The molecular weight excluding hydrogens is 406 g/mol. The van der Waals surface area contributed by atoms with E-state index in [0.29, 0.717) is 16.9 Å². The van der Waals surface area contributed by atoms with Crippen molar-refractivity contribution < 1.29 is 14.5 Å². The molecule has 0 spiro atoms. The molecule has 0 aliphatic carbocycles. The minimum atomic E-state index is -1.34. The molecule has 0 radical (unpaired) electrons. The fourth-order valence-corrected chi connectivity index (χ4v) is 4.57. The van der Waals surface area contributed by atoms with E-state index in [1.54, 1.807) is 4.90 Å². The zero-order valence-electron chi connectivity index (χ0n) is 17.6. The molecule has 7 nitrogen and oxygen atoms in total. The molecular formula is C25H23N3O4. The minimum absolute atomic E-state index is 0.214. The third-order valence-corrected chi connectivity index (χ3v) is 5.85. The third-order valence-electron chi connectivity index (χ3n) is 5.85. The monoisotopic (exact) mass is 429 g/mol. The molecule has 0 unspecified atom stereocenters. The Kier molecular flexibility index (Phi) is 5.73. The number of amides is 2. The van der Waals surface area contributed by atoms with E-state index in [-0.39, 0.29) is 12.3 Å². The summed E-state index contributed by atoms with van der Waals surface area (Å²) >= 11 is 0. The first-order valence-corrected chi connectivity index (χ1v) is 10.4. The van der Waals surface area contributed by atoms with Gasteiger partial charge in [-0.1, -0.05) is 66.7 Å². The largest absolute Gasteiger partial charge is 0.346 e. The number of carbonyl (C=O) groups is 2. The summed E-state index contributed by atoms with van der Waals surface area (Å²) in [5.74, 6) is -0.720. The van der Waals surface area contributed by atoms with Gasteiger partial charge in [-0.25, -0.2) is 0 Å². The summed E-state index contributed by atoms with van der Waals surface area (Å²) in [7, 11) is 0. The van der Waals surface area contributed by atoms with Crippen LogP contribution in [0.3, 0.4) is 0 Å². The second-order valence-electron chi connectivity index (χ2n) is 7.90. The summed E-state index contributed by atoms with van der Waals surface area (Å²) in [5, 5.41) is 14.4. The first-order chi connectivity index (χ1) is 15.4. The average molecular weight is 429 g/mol. The summed E-state index contributed by atoms with van der Waals surface area (Å²) in [5.41, 5.74) is 1.51. The number of nitrogens with one attached hydrogen (secondary N) is 1. The van der Waals surface area contributed by atoms with E-state index in [1.807, 2.05) is 84.9 Å². The van der Waals surface area contributed by atoms with Crippen molar-refractivity contribution in [1.82, 2.24) is 5.32 Å². The van der Waals surface area contributed by atoms with E-state index in [0.717, 1.165) is 5.56 Å². The van der Waals surface area contributed by atoms with E-state index in [9.17, 15) is 19.7 Å². The molecule has 3 aromatic carbocycles. The van der Waals surface area contributed by atoms with Crippen molar-refractivity contribution in [3.8, 4) is 0 Å². The van der Waals surface area contributed by atoms with E-state index in [2.05, 4.69) is 5.32 Å². The number of anilines is 2. The van der Waals surface area contributed by atoms with Crippen LogP contribution < -0.4 is 10.2 Å². The molecule has 0 bridgehead atoms. The second kappa shape index (κ2) is 8.63. The molecule has 0 saturated carbocycles. The van der Waals surface area contributed by atoms with Crippen molar-refractivity contribution >= 4 is 23.2 Å². The topological polar surface area (TPSA) is 92.5 Å². The lowest BCUT2D eigenvalue weighted by Crippen LogP contribution is -2.59. The predicted octanol–water partition coefficient (Wildman–Crippen LogP) is 3.63. The van der Waals surface area contributed by atoms with Gasteiger partial charge in [-0.3, -0.25) is 24.6 Å². The van der Waals surface area contributed by atoms with Crippen molar-refractivity contribution in [2.45, 2.75) is 24.8 Å². The van der Waals surface area contributed by atoms with Crippen molar-refractivity contribution in [3.63, 3.8) is 0 Å². The summed E-state index contributed by atoms with van der Waals surface area (Å²) in [6, 6.07) is 24.9. The van der Waals surface area contributed by atoms with Crippen molar-refractivity contribution in [2.24, 2.45) is 0 Å². The van der Waals surface area contributed by atoms with Crippen LogP contribution in [0, 0.1) is 10.1 Å². The average Bonchev–Trinajstić information content (AvgIpc) is 3.03. The summed E-state index contributed by atoms with van der Waals surface area (Å²) in [6.45, 7) is 0.735. The molecule has 2 atom stereocenters. The Balaban J connectivity index is 1.96. The summed E-state index contributed by atoms with van der Waals surface area (Å²) < 4.78 is 0. The van der Waals surface area contributed by atoms with Gasteiger partial charge in [0.15, 0.2) is 0 Å². The highest BCUT2D eigenvalue weighted by Crippen LogP contribution is 2.49. The molecule has 3 aromatic rings. The Hall–Kier alpha value is -4.00. The van der Waals surface area contributed by atoms with Crippen molar-refractivity contribution in [3.05, 3.63) is 106 Å². The normalized spacial score (nSPS) is 18.2. The zero-order chi connectivity index (χ0) is 22.7. The lowest BCUT2D eigenvalue weighted by Gasteiger charge is -2.35. The summed E-state index contributed by atoms with van der Waals surface area (Å²) in [4.78, 5) is 39.1. The fourth-order valence-electron chi connectivity index (χ4n) is 4.57. The highest BCUT2D eigenvalue weighted by atomic mass is 16.6. The quantitative estimate of drug-likeness (QED) is 0.459. The number of hydrogen-bond acceptors (Lipinski definition) is 4. The molecule has 1 N–H and O–H groups in total. The van der Waals surface area contributed by atoms with Crippen LogP contribution in [0.4, 0.5) is 11.4 Å². The van der Waals surface area contributed by atoms with Gasteiger partial charge in [-0.05, 0) is 35.7 Å². The minimum Gasteiger partial charge on any atom is -0.346 e. The molecule has 7 heteroatoms. The Morgan fingerprint density at radius 1 is 1.00 bits per heavy atom. The lowest BCUT2D eigenvalue weighted by molar-refractivity contribution is -0.484. The highest BCUT2D eigenvalue weighted by molar-refractivity contribution is 6.13. The van der Waals surface area contributed by atoms with Crippen LogP contribution in [0.25, 0.3) is 0 Å². The highest BCUT2D eigenvalue weighted by Gasteiger charge is 2.57. The van der Waals surface area contributed by atoms with Crippen LogP contribution in [-0.2, 0) is 21.4 Å². The lowest BCUT2D eigenvalue weighted by atomic mass is 9.70. The molecule has 4 rings (SSSR count). The van der Waals surface area contributed by atoms with Crippen LogP contribution >= 0.6 is 0 Å². The smallest absolute Gasteiger partial charge is 0.244 e. The molecule has 2 amide bonds. The van der Waals surface area contributed by atoms with Crippen molar-refractivity contribution in [2.75, 3.05) is 11.4 Å². The molecule has 0 saturated heterocycles. The summed E-state index contributed by atoms with van der Waals surface area (Å²) in [6.07, 6.45) is 0.214. The number of carbonyl (C=O) groups excluding carboxylic acids is 2. The zero-order valence-corrected chi connectivity index (χ0v) is 17.6. The first kappa shape index (κ1) is 21.2. The number of nitrogens with zero attached hydrogens (tertiary/aromatic N) is 2. The maximum Gasteiger partial charge on any atom is 0.244 e. The van der Waals surface area contributed by atoms with Gasteiger partial charge in [0.1, 0.15) is 11.5 Å². The number of rotatable bonds is 7. The molecule has 162 valence electrons. The van der Waals surface area contributed by atoms with E-state index >= 15 is 0 Å². The molecule has 0 fully saturated rings. The van der Waals surface area contributed by atoms with Gasteiger partial charge in [0.25, 0.3) is 0 Å². The Labute approximate surface area is 185 Å². The van der Waals surface area contributed by atoms with Gasteiger partial charge in [-0.15, -0.1) is 0 Å². The fraction of sp³-hybridized carbons (Fsp3) is 0.200. The van der Waals surface area contributed by atoms with Gasteiger partial charge in [0.2, 0.25) is 18.4 Å². The number of hydrogen-bond donors (Lipinski definition) is 1. The predicted molar refractivity (Wildman–Crippen MR) is 121 cm³/mol. The Morgan fingerprint density at radius 2 is 1.59 bits per heavy atom. The van der Waals surface area contributed by atoms with Crippen LogP contribution in [0.2, 0.25) is 0 Å². The van der Waals surface area contributed by atoms with Gasteiger partial charge in [0.05, 0.1) is 5.69 Å². The maximum absolute atomic E-state index is 14.2. The molecule has 1 aliphatic rings. The van der Waals surface area contributed by atoms with Crippen molar-refractivity contribution in [1.29, 1.82) is 0 Å². The number of benzene rings is 3.